The van der Waals surface area contributed by atoms with Gasteiger partial charge in [0.15, 0.2) is 5.69 Å². The lowest BCUT2D eigenvalue weighted by molar-refractivity contribution is -0.122. The number of rotatable bonds is 10. The van der Waals surface area contributed by atoms with Crippen LogP contribution in [-0.4, -0.2) is 49.5 Å². The Balaban J connectivity index is 2.23. The summed E-state index contributed by atoms with van der Waals surface area (Å²) in [6.45, 7) is 4.31. The molecule has 0 saturated heterocycles. The van der Waals surface area contributed by atoms with Crippen LogP contribution in [0.2, 0.25) is 0 Å². The van der Waals surface area contributed by atoms with E-state index in [-0.39, 0.29) is 22.8 Å². The first kappa shape index (κ1) is 26.6. The quantitative estimate of drug-likeness (QED) is 0.354. The summed E-state index contributed by atoms with van der Waals surface area (Å²) < 4.78 is 14.3. The van der Waals surface area contributed by atoms with E-state index in [4.69, 9.17) is 20.9 Å². The highest BCUT2D eigenvalue weighted by Gasteiger charge is 2.36. The number of benzene rings is 2. The van der Waals surface area contributed by atoms with Gasteiger partial charge < -0.3 is 26.3 Å². The standard InChI is InChI=1S/C25H29N5O5S/c1-14-6-5-7-18(15(14)2)30(25(33)22-19(26)20(23(27)31)29-36-22)21(24(32)28-12-13-34-3)16-8-10-17(35-4)11-9-16/h5-11,21H,12-13,26H2,1-4H3,(H2,27,31)(H,28,32). The van der Waals surface area contributed by atoms with Crippen LogP contribution in [0.4, 0.5) is 11.4 Å². The molecule has 0 fully saturated rings. The second-order valence-corrected chi connectivity index (χ2v) is 8.77. The van der Waals surface area contributed by atoms with Gasteiger partial charge in [0.1, 0.15) is 16.7 Å². The van der Waals surface area contributed by atoms with Crippen molar-refractivity contribution >= 4 is 40.6 Å². The highest BCUT2D eigenvalue weighted by molar-refractivity contribution is 7.09. The molecule has 11 heteroatoms. The average Bonchev–Trinajstić information content (AvgIpc) is 3.26. The summed E-state index contributed by atoms with van der Waals surface area (Å²) in [5.41, 5.74) is 13.9. The van der Waals surface area contributed by atoms with Crippen LogP contribution in [0.3, 0.4) is 0 Å². The lowest BCUT2D eigenvalue weighted by Crippen LogP contribution is -2.45. The van der Waals surface area contributed by atoms with E-state index in [0.717, 1.165) is 22.7 Å². The third kappa shape index (κ3) is 5.47. The van der Waals surface area contributed by atoms with Gasteiger partial charge in [-0.2, -0.15) is 4.37 Å². The Morgan fingerprint density at radius 1 is 1.11 bits per heavy atom. The first-order valence-electron chi connectivity index (χ1n) is 11.1. The van der Waals surface area contributed by atoms with Gasteiger partial charge in [-0.1, -0.05) is 24.3 Å². The topological polar surface area (TPSA) is 150 Å². The number of aryl methyl sites for hydroxylation is 1. The summed E-state index contributed by atoms with van der Waals surface area (Å²) in [7, 11) is 3.07. The number of primary amides is 1. The number of nitrogens with one attached hydrogen (secondary N) is 1. The molecule has 2 aromatic carbocycles. The molecule has 190 valence electrons. The van der Waals surface area contributed by atoms with Crippen molar-refractivity contribution in [3.8, 4) is 5.75 Å². The van der Waals surface area contributed by atoms with Crippen LogP contribution >= 0.6 is 11.5 Å². The molecule has 0 aliphatic heterocycles. The van der Waals surface area contributed by atoms with E-state index < -0.39 is 23.8 Å². The van der Waals surface area contributed by atoms with E-state index in [0.29, 0.717) is 23.6 Å². The van der Waals surface area contributed by atoms with Crippen LogP contribution in [0.15, 0.2) is 42.5 Å². The van der Waals surface area contributed by atoms with Crippen molar-refractivity contribution in [1.29, 1.82) is 0 Å². The van der Waals surface area contributed by atoms with Gasteiger partial charge in [0.25, 0.3) is 11.8 Å². The molecule has 1 heterocycles. The Morgan fingerprint density at radius 3 is 2.39 bits per heavy atom. The molecular formula is C25H29N5O5S. The van der Waals surface area contributed by atoms with Crippen LogP contribution in [0.5, 0.6) is 5.75 Å². The van der Waals surface area contributed by atoms with Crippen molar-refractivity contribution in [2.24, 2.45) is 5.73 Å². The number of carbonyl (C=O) groups is 3. The second kappa shape index (κ2) is 11.6. The van der Waals surface area contributed by atoms with E-state index in [1.165, 1.54) is 12.0 Å². The van der Waals surface area contributed by atoms with Gasteiger partial charge in [-0.05, 0) is 60.3 Å². The van der Waals surface area contributed by atoms with E-state index in [1.54, 1.807) is 43.5 Å². The Kier molecular flexibility index (Phi) is 8.62. The molecule has 1 unspecified atom stereocenters. The van der Waals surface area contributed by atoms with Crippen molar-refractivity contribution < 1.29 is 23.9 Å². The highest BCUT2D eigenvalue weighted by atomic mass is 32.1. The Bertz CT molecular complexity index is 1260. The molecule has 0 bridgehead atoms. The Morgan fingerprint density at radius 2 is 1.81 bits per heavy atom. The van der Waals surface area contributed by atoms with Crippen LogP contribution in [0, 0.1) is 13.8 Å². The zero-order valence-corrected chi connectivity index (χ0v) is 21.3. The van der Waals surface area contributed by atoms with Crippen LogP contribution in [0.25, 0.3) is 0 Å². The highest BCUT2D eigenvalue weighted by Crippen LogP contribution is 2.36. The van der Waals surface area contributed by atoms with Gasteiger partial charge in [-0.15, -0.1) is 0 Å². The maximum atomic E-state index is 14.1. The van der Waals surface area contributed by atoms with Crippen LogP contribution < -0.4 is 26.4 Å². The fourth-order valence-electron chi connectivity index (χ4n) is 3.68. The first-order valence-corrected chi connectivity index (χ1v) is 11.8. The van der Waals surface area contributed by atoms with Gasteiger partial charge in [-0.3, -0.25) is 19.3 Å². The number of ether oxygens (including phenoxy) is 2. The number of nitrogen functional groups attached to an aromatic ring is 1. The molecular weight excluding hydrogens is 482 g/mol. The minimum absolute atomic E-state index is 0.00732. The van der Waals surface area contributed by atoms with Gasteiger partial charge >= 0.3 is 0 Å². The zero-order chi connectivity index (χ0) is 26.4. The minimum Gasteiger partial charge on any atom is -0.497 e. The number of carbonyl (C=O) groups excluding carboxylic acids is 3. The summed E-state index contributed by atoms with van der Waals surface area (Å²) in [5.74, 6) is -1.26. The normalized spacial score (nSPS) is 11.6. The summed E-state index contributed by atoms with van der Waals surface area (Å²) in [4.78, 5) is 40.8. The van der Waals surface area contributed by atoms with E-state index in [2.05, 4.69) is 9.69 Å². The molecule has 36 heavy (non-hydrogen) atoms. The Labute approximate surface area is 213 Å². The van der Waals surface area contributed by atoms with E-state index in [9.17, 15) is 14.4 Å². The average molecular weight is 512 g/mol. The maximum absolute atomic E-state index is 14.1. The molecule has 0 aliphatic carbocycles. The number of nitrogens with zero attached hydrogens (tertiary/aromatic N) is 2. The SMILES string of the molecule is COCCNC(=O)C(c1ccc(OC)cc1)N(C(=O)c1snc(C(N)=O)c1N)c1cccc(C)c1C. The number of hydrogen-bond acceptors (Lipinski definition) is 8. The lowest BCUT2D eigenvalue weighted by atomic mass is 9.99. The van der Waals surface area contributed by atoms with Crippen molar-refractivity contribution in [3.05, 3.63) is 69.7 Å². The van der Waals surface area contributed by atoms with Crippen LogP contribution in [0.1, 0.15) is 42.9 Å². The first-order chi connectivity index (χ1) is 17.2. The molecule has 3 amide bonds. The van der Waals surface area contributed by atoms with Gasteiger partial charge in [0.2, 0.25) is 5.91 Å². The number of aromatic nitrogens is 1. The predicted molar refractivity (Wildman–Crippen MR) is 138 cm³/mol. The molecule has 0 aliphatic rings. The van der Waals surface area contributed by atoms with Gasteiger partial charge in [0, 0.05) is 19.3 Å². The van der Waals surface area contributed by atoms with Crippen molar-refractivity contribution in [1.82, 2.24) is 9.69 Å². The summed E-state index contributed by atoms with van der Waals surface area (Å²) in [6, 6.07) is 11.2. The number of nitrogens with two attached hydrogens (primary N) is 2. The number of hydrogen-bond donors (Lipinski definition) is 3. The number of amides is 3. The molecule has 5 N–H and O–H groups in total. The Hall–Kier alpha value is -3.96. The molecule has 0 radical (unpaired) electrons. The van der Waals surface area contributed by atoms with Gasteiger partial charge in [0.05, 0.1) is 19.4 Å². The summed E-state index contributed by atoms with van der Waals surface area (Å²) in [5, 5.41) is 2.83. The molecule has 1 aromatic heterocycles. The fourth-order valence-corrected chi connectivity index (χ4v) is 4.42. The fraction of sp³-hybridized carbons (Fsp3) is 0.280. The number of anilines is 2. The van der Waals surface area contributed by atoms with E-state index in [1.807, 2.05) is 19.9 Å². The molecule has 0 spiro atoms. The molecule has 1 atom stereocenters. The third-order valence-electron chi connectivity index (χ3n) is 5.75. The van der Waals surface area contributed by atoms with E-state index >= 15 is 0 Å². The van der Waals surface area contributed by atoms with Crippen molar-refractivity contribution in [2.45, 2.75) is 19.9 Å². The molecule has 0 saturated carbocycles. The second-order valence-electron chi connectivity index (χ2n) is 7.99. The summed E-state index contributed by atoms with van der Waals surface area (Å²) in [6.07, 6.45) is 0. The molecule has 10 nitrogen and oxygen atoms in total. The number of methoxy groups -OCH3 is 2. The molecule has 3 rings (SSSR count). The smallest absolute Gasteiger partial charge is 0.273 e. The maximum Gasteiger partial charge on any atom is 0.273 e. The van der Waals surface area contributed by atoms with Crippen LogP contribution in [-0.2, 0) is 9.53 Å². The monoisotopic (exact) mass is 511 g/mol. The summed E-state index contributed by atoms with van der Waals surface area (Å²) >= 11 is 0.759. The largest absolute Gasteiger partial charge is 0.497 e. The van der Waals surface area contributed by atoms with Crippen molar-refractivity contribution in [2.75, 3.05) is 38.0 Å². The predicted octanol–water partition coefficient (Wildman–Crippen LogP) is 2.60. The minimum atomic E-state index is -1.08. The lowest BCUT2D eigenvalue weighted by Gasteiger charge is -2.32. The third-order valence-corrected chi connectivity index (χ3v) is 6.60. The zero-order valence-electron chi connectivity index (χ0n) is 20.5. The van der Waals surface area contributed by atoms with Crippen molar-refractivity contribution in [3.63, 3.8) is 0 Å². The molecule has 3 aromatic rings. The van der Waals surface area contributed by atoms with Gasteiger partial charge in [-0.25, -0.2) is 0 Å².